The molecule has 146 valence electrons. The summed E-state index contributed by atoms with van der Waals surface area (Å²) < 4.78 is 64.7. The van der Waals surface area contributed by atoms with E-state index in [1.807, 2.05) is 6.92 Å². The molecule has 6 nitrogen and oxygen atoms in total. The Kier molecular flexibility index (Phi) is 6.09. The van der Waals surface area contributed by atoms with Gasteiger partial charge in [0.1, 0.15) is 5.82 Å². The van der Waals surface area contributed by atoms with Crippen LogP contribution in [0.3, 0.4) is 0 Å². The van der Waals surface area contributed by atoms with E-state index in [0.29, 0.717) is 24.4 Å². The highest BCUT2D eigenvalue weighted by Crippen LogP contribution is 2.29. The van der Waals surface area contributed by atoms with E-state index in [2.05, 4.69) is 9.71 Å². The van der Waals surface area contributed by atoms with Gasteiger partial charge in [0.2, 0.25) is 5.91 Å². The first-order valence-electron chi connectivity index (χ1n) is 7.93. The molecular formula is C17H18F3N3O3S. The number of amides is 1. The molecule has 1 aromatic carbocycles. The number of sulfonamides is 1. The van der Waals surface area contributed by atoms with Crippen LogP contribution in [0.5, 0.6) is 0 Å². The van der Waals surface area contributed by atoms with Crippen LogP contribution >= 0.6 is 0 Å². The summed E-state index contributed by atoms with van der Waals surface area (Å²) >= 11 is 0. The minimum atomic E-state index is -4.55. The van der Waals surface area contributed by atoms with E-state index in [4.69, 9.17) is 0 Å². The Labute approximate surface area is 155 Å². The van der Waals surface area contributed by atoms with Crippen LogP contribution in [-0.2, 0) is 27.4 Å². The first-order valence-corrected chi connectivity index (χ1v) is 9.41. The van der Waals surface area contributed by atoms with Gasteiger partial charge >= 0.3 is 6.18 Å². The lowest BCUT2D eigenvalue weighted by Gasteiger charge is -2.14. The Balaban J connectivity index is 2.18. The molecule has 2 aromatic rings. The van der Waals surface area contributed by atoms with E-state index < -0.39 is 21.8 Å². The minimum Gasteiger partial charge on any atom is -0.346 e. The first-order chi connectivity index (χ1) is 12.5. The molecule has 0 saturated heterocycles. The second-order valence-electron chi connectivity index (χ2n) is 5.73. The molecule has 0 spiro atoms. The summed E-state index contributed by atoms with van der Waals surface area (Å²) in [4.78, 5) is 17.2. The highest BCUT2D eigenvalue weighted by molar-refractivity contribution is 7.92. The lowest BCUT2D eigenvalue weighted by Crippen LogP contribution is -2.28. The van der Waals surface area contributed by atoms with E-state index in [9.17, 15) is 26.4 Å². The average Bonchev–Trinajstić information content (AvgIpc) is 2.60. The largest absolute Gasteiger partial charge is 0.416 e. The number of hydrogen-bond acceptors (Lipinski definition) is 4. The smallest absolute Gasteiger partial charge is 0.346 e. The van der Waals surface area contributed by atoms with Gasteiger partial charge in [-0.25, -0.2) is 13.4 Å². The molecule has 0 saturated carbocycles. The number of benzene rings is 1. The van der Waals surface area contributed by atoms with Gasteiger partial charge in [0, 0.05) is 13.6 Å². The van der Waals surface area contributed by atoms with Crippen LogP contribution in [0.1, 0.15) is 18.2 Å². The summed E-state index contributed by atoms with van der Waals surface area (Å²) in [5, 5.41) is 0. The van der Waals surface area contributed by atoms with Crippen molar-refractivity contribution in [3.63, 3.8) is 0 Å². The van der Waals surface area contributed by atoms with Crippen molar-refractivity contribution in [2.45, 2.75) is 24.4 Å². The van der Waals surface area contributed by atoms with E-state index in [0.717, 1.165) is 12.1 Å². The fourth-order valence-electron chi connectivity index (χ4n) is 2.12. The summed E-state index contributed by atoms with van der Waals surface area (Å²) in [7, 11) is -2.48. The predicted octanol–water partition coefficient (Wildman–Crippen LogP) is 2.92. The van der Waals surface area contributed by atoms with Gasteiger partial charge in [-0.2, -0.15) is 13.2 Å². The Morgan fingerprint density at radius 1 is 1.15 bits per heavy atom. The zero-order chi connectivity index (χ0) is 20.2. The molecule has 0 fully saturated rings. The number of likely N-dealkylation sites (N-methyl/N-ethyl adjacent to an activating group) is 1. The van der Waals surface area contributed by atoms with Crippen LogP contribution in [0.4, 0.5) is 19.0 Å². The molecule has 0 aliphatic rings. The van der Waals surface area contributed by atoms with Crippen molar-refractivity contribution >= 4 is 21.7 Å². The van der Waals surface area contributed by atoms with Crippen molar-refractivity contribution in [3.05, 3.63) is 53.7 Å². The van der Waals surface area contributed by atoms with E-state index >= 15 is 0 Å². The molecule has 0 aliphatic carbocycles. The highest BCUT2D eigenvalue weighted by atomic mass is 32.2. The van der Waals surface area contributed by atoms with Crippen LogP contribution in [0.25, 0.3) is 0 Å². The SMILES string of the molecule is CCN(C)C(=O)Cc1cccc(NS(=O)(=O)c2ccc(C(F)(F)F)cc2)n1. The molecule has 10 heteroatoms. The summed E-state index contributed by atoms with van der Waals surface area (Å²) in [5.74, 6) is -0.202. The molecule has 0 bridgehead atoms. The summed E-state index contributed by atoms with van der Waals surface area (Å²) in [6.45, 7) is 2.35. The topological polar surface area (TPSA) is 79.4 Å². The summed E-state index contributed by atoms with van der Waals surface area (Å²) in [6, 6.07) is 7.63. The van der Waals surface area contributed by atoms with Crippen molar-refractivity contribution < 1.29 is 26.4 Å². The molecule has 1 heterocycles. The number of halogens is 3. The van der Waals surface area contributed by atoms with Crippen LogP contribution in [0.2, 0.25) is 0 Å². The number of nitrogens with one attached hydrogen (secondary N) is 1. The fourth-order valence-corrected chi connectivity index (χ4v) is 3.12. The van der Waals surface area contributed by atoms with Crippen LogP contribution < -0.4 is 4.72 Å². The molecule has 0 unspecified atom stereocenters. The molecule has 27 heavy (non-hydrogen) atoms. The quantitative estimate of drug-likeness (QED) is 0.807. The average molecular weight is 401 g/mol. The molecule has 0 radical (unpaired) electrons. The Bertz CT molecular complexity index is 913. The molecule has 2 rings (SSSR count). The number of hydrogen-bond donors (Lipinski definition) is 1. The van der Waals surface area contributed by atoms with Gasteiger partial charge < -0.3 is 4.90 Å². The van der Waals surface area contributed by atoms with Gasteiger partial charge in [-0.3, -0.25) is 9.52 Å². The molecule has 0 aliphatic heterocycles. The number of anilines is 1. The van der Waals surface area contributed by atoms with Gasteiger partial charge in [-0.1, -0.05) is 6.07 Å². The highest BCUT2D eigenvalue weighted by Gasteiger charge is 2.30. The van der Waals surface area contributed by atoms with Crippen molar-refractivity contribution in [2.24, 2.45) is 0 Å². The van der Waals surface area contributed by atoms with Crippen LogP contribution in [0.15, 0.2) is 47.4 Å². The van der Waals surface area contributed by atoms with Crippen molar-refractivity contribution in [3.8, 4) is 0 Å². The van der Waals surface area contributed by atoms with E-state index in [-0.39, 0.29) is 23.0 Å². The van der Waals surface area contributed by atoms with Crippen molar-refractivity contribution in [1.82, 2.24) is 9.88 Å². The number of carbonyl (C=O) groups is 1. The third-order valence-electron chi connectivity index (χ3n) is 3.77. The Hall–Kier alpha value is -2.62. The zero-order valence-corrected chi connectivity index (χ0v) is 15.4. The Morgan fingerprint density at radius 2 is 1.78 bits per heavy atom. The molecule has 1 aromatic heterocycles. The third kappa shape index (κ3) is 5.43. The fraction of sp³-hybridized carbons (Fsp3) is 0.294. The van der Waals surface area contributed by atoms with Gasteiger partial charge in [-0.05, 0) is 43.3 Å². The second kappa shape index (κ2) is 7.95. The Morgan fingerprint density at radius 3 is 2.33 bits per heavy atom. The monoisotopic (exact) mass is 401 g/mol. The molecule has 1 amide bonds. The lowest BCUT2D eigenvalue weighted by atomic mass is 10.2. The number of pyridine rings is 1. The minimum absolute atomic E-state index is 0.000186. The maximum Gasteiger partial charge on any atom is 0.416 e. The normalized spacial score (nSPS) is 11.9. The lowest BCUT2D eigenvalue weighted by molar-refractivity contribution is -0.137. The second-order valence-corrected chi connectivity index (χ2v) is 7.41. The molecule has 0 atom stereocenters. The summed E-state index contributed by atoms with van der Waals surface area (Å²) in [5.41, 5.74) is -0.576. The standard InChI is InChI=1S/C17H18F3N3O3S/c1-3-23(2)16(24)11-13-5-4-6-15(21-13)22-27(25,26)14-9-7-12(8-10-14)17(18,19)20/h4-10H,3,11H2,1-2H3,(H,21,22). The number of alkyl halides is 3. The summed E-state index contributed by atoms with van der Waals surface area (Å²) in [6.07, 6.45) is -4.55. The molecular weight excluding hydrogens is 383 g/mol. The maximum atomic E-state index is 12.6. The van der Waals surface area contributed by atoms with Crippen LogP contribution in [-0.4, -0.2) is 37.8 Å². The third-order valence-corrected chi connectivity index (χ3v) is 5.14. The number of carbonyl (C=O) groups excluding carboxylic acids is 1. The van der Waals surface area contributed by atoms with Crippen LogP contribution in [0, 0.1) is 0 Å². The maximum absolute atomic E-state index is 12.6. The first kappa shape index (κ1) is 20.7. The predicted molar refractivity (Wildman–Crippen MR) is 93.5 cm³/mol. The van der Waals surface area contributed by atoms with Crippen molar-refractivity contribution in [1.29, 1.82) is 0 Å². The zero-order valence-electron chi connectivity index (χ0n) is 14.6. The van der Waals surface area contributed by atoms with E-state index in [1.165, 1.54) is 17.0 Å². The van der Waals surface area contributed by atoms with E-state index in [1.54, 1.807) is 13.1 Å². The number of nitrogens with zero attached hydrogens (tertiary/aromatic N) is 2. The van der Waals surface area contributed by atoms with Gasteiger partial charge in [0.05, 0.1) is 22.6 Å². The van der Waals surface area contributed by atoms with Gasteiger partial charge in [0.15, 0.2) is 0 Å². The van der Waals surface area contributed by atoms with Gasteiger partial charge in [-0.15, -0.1) is 0 Å². The van der Waals surface area contributed by atoms with Crippen molar-refractivity contribution in [2.75, 3.05) is 18.3 Å². The number of rotatable bonds is 6. The number of aromatic nitrogens is 1. The molecule has 1 N–H and O–H groups in total. The van der Waals surface area contributed by atoms with Gasteiger partial charge in [0.25, 0.3) is 10.0 Å².